The number of carbonyl (C=O) groups is 14. The van der Waals surface area contributed by atoms with Gasteiger partial charge >= 0.3 is 42.2 Å². The van der Waals surface area contributed by atoms with Crippen molar-refractivity contribution in [1.29, 1.82) is 0 Å². The maximum absolute atomic E-state index is 15.5. The molecule has 0 radical (unpaired) electrons. The number of urea groups is 1. The molecule has 1 aliphatic carbocycles. The molecular formula is C93H120N12O26S2. The zero-order chi connectivity index (χ0) is 96.9. The van der Waals surface area contributed by atoms with E-state index in [9.17, 15) is 93.0 Å². The molecule has 2 bridgehead atoms. The number of amides is 7. The van der Waals surface area contributed by atoms with Crippen LogP contribution in [0.5, 0.6) is 5.75 Å². The molecule has 40 heteroatoms. The number of nitrogens with one attached hydrogen (secondary N) is 8. The standard InChI is InChI=1S/C92H120N12O24S2.CO2/c1-7-89(124)46-56-28-32-88(4,78-60(30-35-103(49-56)51-89)59-22-15-16-23-64(59)98-78)62-42-61-68(44-71(62)126-6)102(5)84-91(61)45-53(3)104-34-17-31-90(8-2,83(91)104)85(121)92(84,125)72(108)48-96-87(123)127-36-37-129-130-50-58(81(117)118)41-70(107)67(43-77(113)114)99-80(116)63(93)47-95-79(115)57(38-54-18-11-9-12-19-54)40-69(106)66(39-55-20-13-10-14-21-55)97-74(110)29-33-94-73(109)25-24-65(82(119)120)100-86(122)101-75(128-52-105)26-27-76(111)112;2-1-3/h9-23,31,42,44,52-53,56-58,63,65-67,75,83-85,98,121,124-125H,7-8,24-30,32-41,43,45-51,93H2,1-6H3,(H,94,109)(H,95,115)(H,96,123)(H,97,110)(H,99,116)(H,111,112)(H,113,114)(H,117,118)(H,119,120)(H2,100,101,122);/t53?,56?,57-,58+,63+,65+,66+,67+,75-,83+,84?,85-,88-,89+,90-,91-,92+;/m1./s1. The molecule has 5 aromatic rings. The van der Waals surface area contributed by atoms with Crippen molar-refractivity contribution in [1.82, 2.24) is 52.0 Å². The topological polar surface area (TPSA) is 578 Å². The lowest BCUT2D eigenvalue weighted by atomic mass is 9.47. The number of nitrogens with zero attached hydrogens (tertiary/aromatic N) is 3. The first kappa shape index (κ1) is 103. The largest absolute Gasteiger partial charge is 0.496 e. The molecule has 11 rings (SSSR count). The second-order valence-electron chi connectivity index (χ2n) is 35.4. The number of ketones is 3. The Kier molecular flexibility index (Phi) is 36.1. The van der Waals surface area contributed by atoms with Gasteiger partial charge in [-0.1, -0.05) is 126 Å². The molecule has 38 nitrogen and oxygen atoms in total. The van der Waals surface area contributed by atoms with Gasteiger partial charge in [0.15, 0.2) is 29.2 Å². The second kappa shape index (κ2) is 46.4. The number of benzene rings is 4. The number of aliphatic hydroxyl groups is 3. The maximum atomic E-state index is 15.5. The fourth-order valence-electron chi connectivity index (χ4n) is 20.5. The van der Waals surface area contributed by atoms with Gasteiger partial charge in [-0.05, 0) is 118 Å². The van der Waals surface area contributed by atoms with Crippen molar-refractivity contribution >= 4 is 128 Å². The van der Waals surface area contributed by atoms with Crippen LogP contribution >= 0.6 is 21.6 Å². The highest BCUT2D eigenvalue weighted by atomic mass is 33.1. The van der Waals surface area contributed by atoms with E-state index in [1.807, 2.05) is 43.2 Å². The summed E-state index contributed by atoms with van der Waals surface area (Å²) >= 11 is 0. The van der Waals surface area contributed by atoms with Crippen LogP contribution < -0.4 is 52.6 Å². The first-order chi connectivity index (χ1) is 63.4. The Morgan fingerprint density at radius 2 is 1.40 bits per heavy atom. The molecule has 1 spiro atoms. The number of aliphatic hydroxyl groups excluding tert-OH is 1. The summed E-state index contributed by atoms with van der Waals surface area (Å²) in [7, 11) is 5.56. The van der Waals surface area contributed by atoms with Gasteiger partial charge in [-0.25, -0.2) is 14.4 Å². The SMILES string of the molecule is CC[C@]1(O)CC2CC[C@](C)(c3cc4c(cc3OC)N(C)C3[C@]45CC(C)N4CC=C[C@@](CC)([C@@H](O)[C@]3(O)C(=O)CNC(=O)OCCSSC[C@H](CC(=O)[C@H](CC(=O)O)NC(=O)[C@@H](N)CNC(=O)[C@@H](CC(=O)[C@H](Cc3ccccc3)NC(=O)CCNC(=O)CC[C@H](NC(=O)N[C@@H](CCC(=O)O)OC=O)C(=O)O)Cc3ccccc3)C(=O)O)[C@H]45)c3[nH]c4ccccc4c3CCN(C2)C1.O=C=O. The third-order valence-electron chi connectivity index (χ3n) is 26.9. The average molecular weight is 1890 g/mol. The number of aromatic amines is 1. The number of methoxy groups -OCH3 is 1. The van der Waals surface area contributed by atoms with Crippen molar-refractivity contribution in [2.24, 2.45) is 28.9 Å². The molecule has 17 N–H and O–H groups in total. The third-order valence-corrected chi connectivity index (χ3v) is 29.3. The van der Waals surface area contributed by atoms with Crippen LogP contribution in [0.15, 0.2) is 109 Å². The first-order valence-electron chi connectivity index (χ1n) is 44.5. The van der Waals surface area contributed by atoms with Crippen LogP contribution in [0.1, 0.15) is 151 Å². The van der Waals surface area contributed by atoms with Crippen LogP contribution in [0.4, 0.5) is 15.3 Å². The number of alkyl carbamates (subject to hydrolysis) is 1. The van der Waals surface area contributed by atoms with Crippen LogP contribution in [0, 0.1) is 23.2 Å². The van der Waals surface area contributed by atoms with Crippen LogP contribution in [0.2, 0.25) is 0 Å². The van der Waals surface area contributed by atoms with Gasteiger partial charge < -0.3 is 103 Å². The third kappa shape index (κ3) is 24.5. The van der Waals surface area contributed by atoms with Crippen molar-refractivity contribution in [2.45, 2.75) is 214 Å². The molecule has 1 aromatic heterocycles. The molecule has 5 aliphatic heterocycles. The Balaban J connectivity index is 0.00000603. The van der Waals surface area contributed by atoms with Gasteiger partial charge in [0.25, 0.3) is 6.47 Å². The summed E-state index contributed by atoms with van der Waals surface area (Å²) in [5, 5.41) is 95.7. The van der Waals surface area contributed by atoms with Crippen molar-refractivity contribution in [3.8, 4) is 5.75 Å². The number of nitrogens with two attached hydrogens (primary N) is 1. The smallest absolute Gasteiger partial charge is 0.407 e. The van der Waals surface area contributed by atoms with E-state index in [4.69, 9.17) is 29.9 Å². The molecule has 1 saturated carbocycles. The number of hydrogen-bond acceptors (Lipinski definition) is 28. The number of anilines is 1. The Morgan fingerprint density at radius 3 is 2.05 bits per heavy atom. The van der Waals surface area contributed by atoms with Gasteiger partial charge in [0.2, 0.25) is 23.6 Å². The molecule has 3 fully saturated rings. The number of aromatic nitrogens is 1. The van der Waals surface area contributed by atoms with Crippen LogP contribution in [-0.2, 0) is 107 Å². The van der Waals surface area contributed by atoms with E-state index in [0.29, 0.717) is 62.1 Å². The van der Waals surface area contributed by atoms with Crippen molar-refractivity contribution in [3.63, 3.8) is 0 Å². The van der Waals surface area contributed by atoms with E-state index in [0.717, 1.165) is 80.9 Å². The molecule has 133 heavy (non-hydrogen) atoms. The summed E-state index contributed by atoms with van der Waals surface area (Å²) in [4.78, 5) is 210. The number of fused-ring (bicyclic) bond motifs is 6. The van der Waals surface area contributed by atoms with Gasteiger partial charge in [-0.2, -0.15) is 9.59 Å². The van der Waals surface area contributed by atoms with E-state index in [-0.39, 0.29) is 74.9 Å². The minimum absolute atomic E-state index is 0.0336. The van der Waals surface area contributed by atoms with E-state index < -0.39 is 216 Å². The molecule has 4 unspecified atom stereocenters. The Bertz CT molecular complexity index is 5120. The number of piperidine rings is 1. The molecule has 6 aliphatic rings. The molecule has 2 saturated heterocycles. The maximum Gasteiger partial charge on any atom is 0.407 e. The lowest BCUT2D eigenvalue weighted by Gasteiger charge is -2.63. The van der Waals surface area contributed by atoms with Crippen molar-refractivity contribution in [3.05, 3.63) is 143 Å². The summed E-state index contributed by atoms with van der Waals surface area (Å²) < 4.78 is 16.7. The van der Waals surface area contributed by atoms with Crippen molar-refractivity contribution < 1.29 is 127 Å². The zero-order valence-corrected chi connectivity index (χ0v) is 76.7. The number of Topliss-reactive ketones (excluding diaryl/α,β-unsaturated/α-hetero) is 3. The van der Waals surface area contributed by atoms with Gasteiger partial charge in [0.1, 0.15) is 30.5 Å². The normalized spacial score (nSPS) is 24.6. The summed E-state index contributed by atoms with van der Waals surface area (Å²) in [5.41, 5.74) is 7.17. The molecule has 7 amide bonds. The number of aliphatic carboxylic acids is 4. The van der Waals surface area contributed by atoms with E-state index >= 15 is 4.79 Å². The Morgan fingerprint density at radius 1 is 0.722 bits per heavy atom. The highest BCUT2D eigenvalue weighted by molar-refractivity contribution is 8.76. The lowest BCUT2D eigenvalue weighted by molar-refractivity contribution is -0.201. The second-order valence-corrected chi connectivity index (χ2v) is 38.0. The number of likely N-dealkylation sites (N-methyl/N-ethyl adjacent to an activating group) is 1. The quantitative estimate of drug-likeness (QED) is 0.00861. The van der Waals surface area contributed by atoms with E-state index in [1.165, 1.54) is 5.56 Å². The number of carboxylic acids is 4. The molecule has 720 valence electrons. The van der Waals surface area contributed by atoms with Gasteiger partial charge in [0.05, 0.1) is 56.1 Å². The molecule has 4 aromatic carbocycles. The predicted octanol–water partition coefficient (Wildman–Crippen LogP) is 3.98. The number of H-pyrrole nitrogens is 1. The minimum Gasteiger partial charge on any atom is -0.496 e. The van der Waals surface area contributed by atoms with E-state index in [1.54, 1.807) is 67.8 Å². The number of carbonyl (C=O) groups excluding carboxylic acids is 12. The minimum atomic E-state index is -2.51. The molecule has 6 heterocycles. The number of rotatable bonds is 46. The number of para-hydroxylation sites is 1. The monoisotopic (exact) mass is 1880 g/mol. The van der Waals surface area contributed by atoms with Gasteiger partial charge in [-0.3, -0.25) is 62.5 Å². The van der Waals surface area contributed by atoms with Crippen molar-refractivity contribution in [2.75, 3.05) is 83.0 Å². The van der Waals surface area contributed by atoms with Gasteiger partial charge in [0, 0.05) is 158 Å². The predicted molar refractivity (Wildman–Crippen MR) is 485 cm³/mol. The highest BCUT2D eigenvalue weighted by Crippen LogP contribution is 2.69. The highest BCUT2D eigenvalue weighted by Gasteiger charge is 2.79. The Labute approximate surface area is 776 Å². The average Bonchev–Trinajstić information content (AvgIpc) is 1.48. The first-order valence-corrected chi connectivity index (χ1v) is 47.0. The number of carboxylic acid groups (broad SMARTS) is 4. The lowest BCUT2D eigenvalue weighted by Crippen LogP contribution is -2.81. The molecule has 18 atom stereocenters. The van der Waals surface area contributed by atoms with Gasteiger partial charge in [-0.15, -0.1) is 0 Å². The van der Waals surface area contributed by atoms with Crippen LogP contribution in [0.3, 0.4) is 0 Å². The van der Waals surface area contributed by atoms with Crippen LogP contribution in [0.25, 0.3) is 10.9 Å². The number of hydrogen-bond donors (Lipinski definition) is 16. The fourth-order valence-corrected chi connectivity index (χ4v) is 22.6. The van der Waals surface area contributed by atoms with Crippen LogP contribution in [-0.4, -0.2) is 284 Å². The number of ether oxygens (including phenoxy) is 3. The summed E-state index contributed by atoms with van der Waals surface area (Å²) in [6.07, 6.45) is 0.101. The molecular weight excluding hydrogens is 1770 g/mol. The fraction of sp³-hybridized carbons (Fsp3) is 0.538. The zero-order valence-electron chi connectivity index (χ0n) is 75.1. The summed E-state index contributed by atoms with van der Waals surface area (Å²) in [6, 6.07) is 20.7. The Hall–Kier alpha value is -11.6. The van der Waals surface area contributed by atoms with E-state index in [2.05, 4.69) is 102 Å². The summed E-state index contributed by atoms with van der Waals surface area (Å²) in [6.45, 7) is 9.30. The summed E-state index contributed by atoms with van der Waals surface area (Å²) in [5.74, 6) is -13.4.